The summed E-state index contributed by atoms with van der Waals surface area (Å²) in [7, 11) is 0. The van der Waals surface area contributed by atoms with Crippen LogP contribution in [0.4, 0.5) is 0 Å². The summed E-state index contributed by atoms with van der Waals surface area (Å²) in [6.07, 6.45) is 4.46. The Bertz CT molecular complexity index is 531. The monoisotopic (exact) mass is 276 g/mol. The lowest BCUT2D eigenvalue weighted by Gasteiger charge is -2.03. The summed E-state index contributed by atoms with van der Waals surface area (Å²) in [5.41, 5.74) is 5.74. The van der Waals surface area contributed by atoms with Gasteiger partial charge in [0.1, 0.15) is 5.82 Å². The molecule has 0 aliphatic heterocycles. The van der Waals surface area contributed by atoms with Crippen LogP contribution in [0.25, 0.3) is 11.6 Å². The molecule has 0 saturated carbocycles. The van der Waals surface area contributed by atoms with Crippen LogP contribution in [0.15, 0.2) is 27.8 Å². The summed E-state index contributed by atoms with van der Waals surface area (Å²) in [5.74, 6) is 2.48. The molecule has 0 aromatic carbocycles. The lowest BCUT2D eigenvalue weighted by Crippen LogP contribution is -2.33. The van der Waals surface area contributed by atoms with Crippen LogP contribution < -0.4 is 11.1 Å². The normalized spacial score (nSPS) is 11.8. The first-order valence-corrected chi connectivity index (χ1v) is 6.78. The summed E-state index contributed by atoms with van der Waals surface area (Å²) in [6, 6.07) is 3.63. The predicted molar refractivity (Wildman–Crippen MR) is 77.2 cm³/mol. The number of aliphatic imine (C=N–C) groups is 1. The van der Waals surface area contributed by atoms with E-state index in [9.17, 15) is 0 Å². The highest BCUT2D eigenvalue weighted by Crippen LogP contribution is 2.14. The summed E-state index contributed by atoms with van der Waals surface area (Å²) < 4.78 is 5.23. The predicted octanol–water partition coefficient (Wildman–Crippen LogP) is 1.31. The minimum absolute atomic E-state index is 0.476. The van der Waals surface area contributed by atoms with Crippen molar-refractivity contribution in [2.75, 3.05) is 13.1 Å². The number of nitrogens with one attached hydrogen (secondary N) is 2. The van der Waals surface area contributed by atoms with Crippen LogP contribution >= 0.6 is 0 Å². The first-order chi connectivity index (χ1) is 9.79. The van der Waals surface area contributed by atoms with Crippen molar-refractivity contribution in [2.45, 2.75) is 26.2 Å². The Labute approximate surface area is 117 Å². The van der Waals surface area contributed by atoms with Crippen LogP contribution in [0.1, 0.15) is 25.6 Å². The Balaban J connectivity index is 1.76. The van der Waals surface area contributed by atoms with Gasteiger partial charge in [-0.1, -0.05) is 13.3 Å². The minimum atomic E-state index is 0.476. The number of H-pyrrole nitrogens is 1. The largest absolute Gasteiger partial charge is 0.461 e. The fourth-order valence-electron chi connectivity index (χ4n) is 1.65. The van der Waals surface area contributed by atoms with Crippen LogP contribution in [-0.2, 0) is 6.42 Å². The molecular weight excluding hydrogens is 256 g/mol. The third kappa shape index (κ3) is 4.11. The maximum Gasteiger partial charge on any atom is 0.216 e. The van der Waals surface area contributed by atoms with Gasteiger partial charge in [-0.15, -0.1) is 0 Å². The van der Waals surface area contributed by atoms with Gasteiger partial charge in [0, 0.05) is 19.5 Å². The highest BCUT2D eigenvalue weighted by Gasteiger charge is 2.07. The second-order valence-corrected chi connectivity index (χ2v) is 4.38. The molecule has 7 nitrogen and oxygen atoms in total. The van der Waals surface area contributed by atoms with Gasteiger partial charge in [0.15, 0.2) is 11.7 Å². The van der Waals surface area contributed by atoms with Gasteiger partial charge >= 0.3 is 0 Å². The number of guanidine groups is 1. The van der Waals surface area contributed by atoms with Crippen LogP contribution in [0.2, 0.25) is 0 Å². The highest BCUT2D eigenvalue weighted by atomic mass is 16.3. The topological polar surface area (TPSA) is 105 Å². The summed E-state index contributed by atoms with van der Waals surface area (Å²) >= 11 is 0. The molecular formula is C13H20N6O. The molecule has 0 atom stereocenters. The van der Waals surface area contributed by atoms with Crippen molar-refractivity contribution in [3.63, 3.8) is 0 Å². The van der Waals surface area contributed by atoms with Crippen molar-refractivity contribution in [2.24, 2.45) is 10.7 Å². The summed E-state index contributed by atoms with van der Waals surface area (Å²) in [6.45, 7) is 3.55. The van der Waals surface area contributed by atoms with Gasteiger partial charge in [0.2, 0.25) is 5.82 Å². The molecule has 0 fully saturated rings. The molecule has 0 bridgehead atoms. The molecule has 4 N–H and O–H groups in total. The lowest BCUT2D eigenvalue weighted by molar-refractivity contribution is 0.577. The number of furan rings is 1. The van der Waals surface area contributed by atoms with Crippen LogP contribution in [0.3, 0.4) is 0 Å². The number of nitrogens with zero attached hydrogens (tertiary/aromatic N) is 3. The first kappa shape index (κ1) is 14.1. The maximum absolute atomic E-state index is 5.74. The minimum Gasteiger partial charge on any atom is -0.461 e. The Kier molecular flexibility index (Phi) is 5.16. The standard InChI is InChI=1S/C13H20N6O/c1-2-3-7-15-13(14)16-8-6-11-17-12(19-18-11)10-5-4-9-20-10/h4-5,9H,2-3,6-8H2,1H3,(H3,14,15,16)(H,17,18,19). The second-order valence-electron chi connectivity index (χ2n) is 4.38. The molecule has 0 saturated heterocycles. The number of aromatic nitrogens is 3. The molecule has 0 unspecified atom stereocenters. The molecule has 2 aromatic rings. The van der Waals surface area contributed by atoms with Crippen molar-refractivity contribution in [3.05, 3.63) is 24.2 Å². The van der Waals surface area contributed by atoms with E-state index in [1.807, 2.05) is 6.07 Å². The van der Waals surface area contributed by atoms with E-state index in [1.54, 1.807) is 12.3 Å². The van der Waals surface area contributed by atoms with E-state index in [4.69, 9.17) is 10.2 Å². The quantitative estimate of drug-likeness (QED) is 0.402. The van der Waals surface area contributed by atoms with Crippen molar-refractivity contribution >= 4 is 5.96 Å². The Morgan fingerprint density at radius 1 is 1.55 bits per heavy atom. The third-order valence-electron chi connectivity index (χ3n) is 2.74. The zero-order valence-electron chi connectivity index (χ0n) is 11.6. The van der Waals surface area contributed by atoms with Crippen molar-refractivity contribution in [1.29, 1.82) is 0 Å². The zero-order chi connectivity index (χ0) is 14.2. The summed E-state index contributed by atoms with van der Waals surface area (Å²) in [5, 5.41) is 10.0. The van der Waals surface area contributed by atoms with E-state index in [-0.39, 0.29) is 0 Å². The van der Waals surface area contributed by atoms with Crippen molar-refractivity contribution in [3.8, 4) is 11.6 Å². The number of hydrogen-bond acceptors (Lipinski definition) is 4. The highest BCUT2D eigenvalue weighted by molar-refractivity contribution is 5.77. The van der Waals surface area contributed by atoms with Gasteiger partial charge in [-0.3, -0.25) is 10.1 Å². The van der Waals surface area contributed by atoms with Crippen molar-refractivity contribution in [1.82, 2.24) is 20.5 Å². The number of unbranched alkanes of at least 4 members (excludes halogenated alkanes) is 1. The van der Waals surface area contributed by atoms with Gasteiger partial charge in [0.05, 0.1) is 6.26 Å². The molecule has 0 amide bonds. The van der Waals surface area contributed by atoms with Gasteiger partial charge in [-0.25, -0.2) is 4.98 Å². The Morgan fingerprint density at radius 3 is 3.20 bits per heavy atom. The van der Waals surface area contributed by atoms with E-state index < -0.39 is 0 Å². The van der Waals surface area contributed by atoms with E-state index in [2.05, 4.69) is 32.4 Å². The first-order valence-electron chi connectivity index (χ1n) is 6.78. The van der Waals surface area contributed by atoms with E-state index >= 15 is 0 Å². The molecule has 0 spiro atoms. The van der Waals surface area contributed by atoms with Crippen LogP contribution in [0.5, 0.6) is 0 Å². The van der Waals surface area contributed by atoms with Crippen LogP contribution in [-0.4, -0.2) is 34.2 Å². The molecule has 2 rings (SSSR count). The Morgan fingerprint density at radius 2 is 2.45 bits per heavy atom. The molecule has 20 heavy (non-hydrogen) atoms. The Hall–Kier alpha value is -2.31. The molecule has 0 radical (unpaired) electrons. The smallest absolute Gasteiger partial charge is 0.216 e. The third-order valence-corrected chi connectivity index (χ3v) is 2.74. The maximum atomic E-state index is 5.74. The molecule has 108 valence electrons. The van der Waals surface area contributed by atoms with E-state index in [0.29, 0.717) is 30.5 Å². The van der Waals surface area contributed by atoms with Crippen LogP contribution in [0, 0.1) is 0 Å². The second kappa shape index (κ2) is 7.32. The molecule has 2 aromatic heterocycles. The lowest BCUT2D eigenvalue weighted by atomic mass is 10.3. The number of nitrogens with two attached hydrogens (primary N) is 1. The summed E-state index contributed by atoms with van der Waals surface area (Å²) in [4.78, 5) is 8.56. The number of aromatic amines is 1. The molecule has 0 aliphatic carbocycles. The fraction of sp³-hybridized carbons (Fsp3) is 0.462. The van der Waals surface area contributed by atoms with Gasteiger partial charge in [-0.05, 0) is 18.6 Å². The average molecular weight is 276 g/mol. The zero-order valence-corrected chi connectivity index (χ0v) is 11.6. The molecule has 0 aliphatic rings. The van der Waals surface area contributed by atoms with E-state index in [0.717, 1.165) is 25.2 Å². The van der Waals surface area contributed by atoms with Gasteiger partial charge < -0.3 is 15.5 Å². The number of rotatable bonds is 7. The fourth-order valence-corrected chi connectivity index (χ4v) is 1.65. The van der Waals surface area contributed by atoms with E-state index in [1.165, 1.54) is 0 Å². The van der Waals surface area contributed by atoms with Crippen molar-refractivity contribution < 1.29 is 4.42 Å². The number of hydrogen-bond donors (Lipinski definition) is 3. The van der Waals surface area contributed by atoms with Gasteiger partial charge in [0.25, 0.3) is 0 Å². The average Bonchev–Trinajstić information content (AvgIpc) is 3.09. The molecule has 2 heterocycles. The SMILES string of the molecule is CCCCN=C(N)NCCc1nc(-c2ccco2)n[nH]1. The van der Waals surface area contributed by atoms with Gasteiger partial charge in [-0.2, -0.15) is 5.10 Å². The molecule has 7 heteroatoms.